The van der Waals surface area contributed by atoms with Crippen LogP contribution in [-0.2, 0) is 14.3 Å². The third kappa shape index (κ3) is 8.37. The Hall–Kier alpha value is -0.360. The normalized spacial score (nSPS) is 18.8. The van der Waals surface area contributed by atoms with Crippen molar-refractivity contribution in [1.29, 1.82) is 0 Å². The minimum Gasteiger partial charge on any atom is -0.379 e. The van der Waals surface area contributed by atoms with Crippen LogP contribution in [0.25, 0.3) is 0 Å². The van der Waals surface area contributed by atoms with Crippen LogP contribution in [0.4, 0.5) is 0 Å². The molecule has 1 aliphatic rings. The maximum Gasteiger partial charge on any atom is 0.220 e. The molecule has 0 aliphatic carbocycles. The van der Waals surface area contributed by atoms with Gasteiger partial charge < -0.3 is 20.5 Å². The summed E-state index contributed by atoms with van der Waals surface area (Å²) >= 11 is 0. The van der Waals surface area contributed by atoms with Crippen molar-refractivity contribution < 1.29 is 14.3 Å². The van der Waals surface area contributed by atoms with Gasteiger partial charge in [0.25, 0.3) is 0 Å². The van der Waals surface area contributed by atoms with Gasteiger partial charge >= 0.3 is 0 Å². The van der Waals surface area contributed by atoms with E-state index >= 15 is 0 Å². The van der Waals surface area contributed by atoms with Crippen molar-refractivity contribution in [3.05, 3.63) is 0 Å². The standard InChI is InChI=1S/C11H22N2O3.ClH/c12-5-1-3-11(14)13-6-2-7-16-10-4-8-15-9-10;/h10H,1-9,12H2,(H,13,14);1H. The third-order valence-electron chi connectivity index (χ3n) is 2.49. The SMILES string of the molecule is Cl.NCCCC(=O)NCCCOC1CCOC1. The van der Waals surface area contributed by atoms with Crippen LogP contribution in [0.3, 0.4) is 0 Å². The van der Waals surface area contributed by atoms with E-state index < -0.39 is 0 Å². The molecule has 5 nitrogen and oxygen atoms in total. The summed E-state index contributed by atoms with van der Waals surface area (Å²) < 4.78 is 10.8. The monoisotopic (exact) mass is 266 g/mol. The van der Waals surface area contributed by atoms with Crippen LogP contribution in [0.5, 0.6) is 0 Å². The van der Waals surface area contributed by atoms with Gasteiger partial charge in [0.1, 0.15) is 0 Å². The minimum absolute atomic E-state index is 0. The maximum atomic E-state index is 11.2. The Bertz CT molecular complexity index is 199. The molecule has 17 heavy (non-hydrogen) atoms. The predicted octanol–water partition coefficient (Wildman–Crippen LogP) is 0.459. The van der Waals surface area contributed by atoms with Crippen molar-refractivity contribution >= 4 is 18.3 Å². The van der Waals surface area contributed by atoms with Gasteiger partial charge in [-0.2, -0.15) is 0 Å². The number of amides is 1. The summed E-state index contributed by atoms with van der Waals surface area (Å²) in [5.41, 5.74) is 5.31. The molecule has 1 atom stereocenters. The second-order valence-corrected chi connectivity index (χ2v) is 3.95. The van der Waals surface area contributed by atoms with Gasteiger partial charge in [0.15, 0.2) is 0 Å². The molecular weight excluding hydrogens is 244 g/mol. The molecule has 1 heterocycles. The van der Waals surface area contributed by atoms with E-state index in [2.05, 4.69) is 5.32 Å². The second-order valence-electron chi connectivity index (χ2n) is 3.95. The average Bonchev–Trinajstić information content (AvgIpc) is 2.79. The van der Waals surface area contributed by atoms with E-state index in [0.29, 0.717) is 32.7 Å². The fourth-order valence-electron chi connectivity index (χ4n) is 1.55. The quantitative estimate of drug-likeness (QED) is 0.626. The fourth-order valence-corrected chi connectivity index (χ4v) is 1.55. The number of hydrogen-bond donors (Lipinski definition) is 2. The van der Waals surface area contributed by atoms with Crippen LogP contribution < -0.4 is 11.1 Å². The number of ether oxygens (including phenoxy) is 2. The topological polar surface area (TPSA) is 73.6 Å². The summed E-state index contributed by atoms with van der Waals surface area (Å²) in [6, 6.07) is 0. The maximum absolute atomic E-state index is 11.2. The van der Waals surface area contributed by atoms with Crippen LogP contribution >= 0.6 is 12.4 Å². The zero-order valence-corrected chi connectivity index (χ0v) is 11.0. The Morgan fingerprint density at radius 2 is 2.29 bits per heavy atom. The van der Waals surface area contributed by atoms with Crippen molar-refractivity contribution in [2.24, 2.45) is 5.73 Å². The van der Waals surface area contributed by atoms with Gasteiger partial charge in [-0.1, -0.05) is 0 Å². The summed E-state index contributed by atoms with van der Waals surface area (Å²) in [5, 5.41) is 2.84. The average molecular weight is 267 g/mol. The number of rotatable bonds is 8. The number of hydrogen-bond acceptors (Lipinski definition) is 4. The van der Waals surface area contributed by atoms with Crippen LogP contribution in [0.1, 0.15) is 25.7 Å². The van der Waals surface area contributed by atoms with Crippen LogP contribution in [0.15, 0.2) is 0 Å². The largest absolute Gasteiger partial charge is 0.379 e. The molecule has 1 saturated heterocycles. The molecule has 1 rings (SSSR count). The first kappa shape index (κ1) is 16.6. The lowest BCUT2D eigenvalue weighted by Crippen LogP contribution is -2.26. The molecule has 1 aliphatic heterocycles. The molecule has 0 radical (unpaired) electrons. The molecule has 0 aromatic rings. The van der Waals surface area contributed by atoms with Crippen LogP contribution in [0, 0.1) is 0 Å². The zero-order valence-electron chi connectivity index (χ0n) is 10.2. The highest BCUT2D eigenvalue weighted by atomic mass is 35.5. The lowest BCUT2D eigenvalue weighted by atomic mass is 10.3. The van der Waals surface area contributed by atoms with E-state index in [1.54, 1.807) is 0 Å². The number of halogens is 1. The van der Waals surface area contributed by atoms with Crippen molar-refractivity contribution in [2.75, 3.05) is 32.9 Å². The van der Waals surface area contributed by atoms with Crippen molar-refractivity contribution in [1.82, 2.24) is 5.32 Å². The van der Waals surface area contributed by atoms with E-state index in [1.807, 2.05) is 0 Å². The Kier molecular flexibility index (Phi) is 10.5. The first-order valence-electron chi connectivity index (χ1n) is 5.99. The van der Waals surface area contributed by atoms with Gasteiger partial charge in [-0.25, -0.2) is 0 Å². The van der Waals surface area contributed by atoms with Crippen LogP contribution in [0.2, 0.25) is 0 Å². The first-order chi connectivity index (χ1) is 7.83. The van der Waals surface area contributed by atoms with Crippen LogP contribution in [-0.4, -0.2) is 44.9 Å². The minimum atomic E-state index is 0. The molecule has 102 valence electrons. The zero-order chi connectivity index (χ0) is 11.6. The first-order valence-corrected chi connectivity index (χ1v) is 5.99. The number of carbonyl (C=O) groups excluding carboxylic acids is 1. The summed E-state index contributed by atoms with van der Waals surface area (Å²) in [6.45, 7) is 3.45. The third-order valence-corrected chi connectivity index (χ3v) is 2.49. The highest BCUT2D eigenvalue weighted by Crippen LogP contribution is 2.07. The molecule has 1 fully saturated rings. The summed E-state index contributed by atoms with van der Waals surface area (Å²) in [4.78, 5) is 11.2. The molecule has 0 bridgehead atoms. The van der Waals surface area contributed by atoms with Gasteiger partial charge in [0, 0.05) is 26.2 Å². The van der Waals surface area contributed by atoms with E-state index in [9.17, 15) is 4.79 Å². The lowest BCUT2D eigenvalue weighted by Gasteiger charge is -2.09. The van der Waals surface area contributed by atoms with E-state index in [0.717, 1.165) is 25.9 Å². The molecule has 1 unspecified atom stereocenters. The lowest BCUT2D eigenvalue weighted by molar-refractivity contribution is -0.121. The van der Waals surface area contributed by atoms with Crippen molar-refractivity contribution in [3.8, 4) is 0 Å². The molecule has 6 heteroatoms. The van der Waals surface area contributed by atoms with E-state index in [1.165, 1.54) is 0 Å². The van der Waals surface area contributed by atoms with Gasteiger partial charge in [-0.15, -0.1) is 12.4 Å². The number of carbonyl (C=O) groups is 1. The van der Waals surface area contributed by atoms with E-state index in [4.69, 9.17) is 15.2 Å². The van der Waals surface area contributed by atoms with Crippen molar-refractivity contribution in [2.45, 2.75) is 31.8 Å². The van der Waals surface area contributed by atoms with Gasteiger partial charge in [0.2, 0.25) is 5.91 Å². The fraction of sp³-hybridized carbons (Fsp3) is 0.909. The Morgan fingerprint density at radius 3 is 2.94 bits per heavy atom. The van der Waals surface area contributed by atoms with Gasteiger partial charge in [-0.3, -0.25) is 4.79 Å². The summed E-state index contributed by atoms with van der Waals surface area (Å²) in [5.74, 6) is 0.0784. The molecule has 0 spiro atoms. The molecular formula is C11H23ClN2O3. The van der Waals surface area contributed by atoms with Gasteiger partial charge in [0.05, 0.1) is 12.7 Å². The van der Waals surface area contributed by atoms with Crippen molar-refractivity contribution in [3.63, 3.8) is 0 Å². The molecule has 3 N–H and O–H groups in total. The Labute approximate surface area is 109 Å². The Balaban J connectivity index is 0.00000256. The molecule has 1 amide bonds. The van der Waals surface area contributed by atoms with Gasteiger partial charge in [-0.05, 0) is 25.8 Å². The number of nitrogens with two attached hydrogens (primary N) is 1. The molecule has 0 aromatic heterocycles. The molecule has 0 saturated carbocycles. The molecule has 0 aromatic carbocycles. The smallest absolute Gasteiger partial charge is 0.220 e. The predicted molar refractivity (Wildman–Crippen MR) is 68.3 cm³/mol. The second kappa shape index (κ2) is 10.8. The highest BCUT2D eigenvalue weighted by Gasteiger charge is 2.15. The summed E-state index contributed by atoms with van der Waals surface area (Å²) in [6.07, 6.45) is 3.37. The summed E-state index contributed by atoms with van der Waals surface area (Å²) in [7, 11) is 0. The van der Waals surface area contributed by atoms with E-state index in [-0.39, 0.29) is 24.4 Å². The Morgan fingerprint density at radius 1 is 1.47 bits per heavy atom. The number of nitrogens with one attached hydrogen (secondary N) is 1. The highest BCUT2D eigenvalue weighted by molar-refractivity contribution is 5.85.